The number of phenolic OH excluding ortho intramolecular Hbond substituents is 2. The van der Waals surface area contributed by atoms with Gasteiger partial charge in [0.25, 0.3) is 5.84 Å². The Kier molecular flexibility index (Phi) is 5.36. The third kappa shape index (κ3) is 4.10. The van der Waals surface area contributed by atoms with Crippen LogP contribution in [0.3, 0.4) is 0 Å². The third-order valence-electron chi connectivity index (χ3n) is 2.59. The van der Waals surface area contributed by atoms with Crippen molar-refractivity contribution in [1.29, 1.82) is 5.26 Å². The van der Waals surface area contributed by atoms with E-state index in [0.717, 1.165) is 0 Å². The maximum atomic E-state index is 9.71. The summed E-state index contributed by atoms with van der Waals surface area (Å²) >= 11 is 11.5. The summed E-state index contributed by atoms with van der Waals surface area (Å²) in [5.41, 5.74) is 2.74. The van der Waals surface area contributed by atoms with Crippen LogP contribution in [0.25, 0.3) is 0 Å². The second-order valence-corrected chi connectivity index (χ2v) is 4.92. The normalized spacial score (nSPS) is 11.4. The molecule has 0 heterocycles. The van der Waals surface area contributed by atoms with Crippen molar-refractivity contribution in [2.45, 2.75) is 0 Å². The van der Waals surface area contributed by atoms with E-state index >= 15 is 0 Å². The van der Waals surface area contributed by atoms with Gasteiger partial charge in [0.05, 0.1) is 15.7 Å². The SMILES string of the molecule is N#CC(/N=N/c1cccc(Cl)c1O)=N\Nc1cccc(Cl)c1O. The number of azo groups is 1. The van der Waals surface area contributed by atoms with Gasteiger partial charge in [0.1, 0.15) is 11.8 Å². The minimum absolute atomic E-state index is 0.0889. The molecule has 0 bridgehead atoms. The molecular formula is C14H9Cl2N5O2. The minimum atomic E-state index is -0.330. The van der Waals surface area contributed by atoms with Gasteiger partial charge in [-0.1, -0.05) is 35.3 Å². The number of benzene rings is 2. The summed E-state index contributed by atoms with van der Waals surface area (Å²) < 4.78 is 0. The highest BCUT2D eigenvalue weighted by atomic mass is 35.5. The van der Waals surface area contributed by atoms with E-state index in [1.54, 1.807) is 18.2 Å². The smallest absolute Gasteiger partial charge is 0.270 e. The van der Waals surface area contributed by atoms with Gasteiger partial charge >= 0.3 is 0 Å². The quantitative estimate of drug-likeness (QED) is 0.250. The van der Waals surface area contributed by atoms with Gasteiger partial charge in [0.15, 0.2) is 11.5 Å². The Morgan fingerprint density at radius 1 is 1.04 bits per heavy atom. The fourth-order valence-electron chi connectivity index (χ4n) is 1.47. The summed E-state index contributed by atoms with van der Waals surface area (Å²) in [7, 11) is 0. The van der Waals surface area contributed by atoms with Crippen LogP contribution >= 0.6 is 23.2 Å². The summed E-state index contributed by atoms with van der Waals surface area (Å²) in [5.74, 6) is -0.793. The van der Waals surface area contributed by atoms with Crippen molar-refractivity contribution in [3.05, 3.63) is 46.4 Å². The summed E-state index contributed by atoms with van der Waals surface area (Å²) in [6, 6.07) is 10.8. The van der Waals surface area contributed by atoms with Crippen LogP contribution in [0, 0.1) is 11.3 Å². The summed E-state index contributed by atoms with van der Waals surface area (Å²) in [4.78, 5) is 0. The molecule has 0 unspecified atom stereocenters. The van der Waals surface area contributed by atoms with Gasteiger partial charge < -0.3 is 10.2 Å². The molecule has 116 valence electrons. The van der Waals surface area contributed by atoms with E-state index in [4.69, 9.17) is 28.5 Å². The number of aromatic hydroxyl groups is 2. The number of hydrogen-bond acceptors (Lipinski definition) is 6. The molecule has 0 saturated heterocycles. The molecule has 3 N–H and O–H groups in total. The minimum Gasteiger partial charge on any atom is -0.504 e. The van der Waals surface area contributed by atoms with E-state index in [1.165, 1.54) is 24.3 Å². The number of nitriles is 1. The lowest BCUT2D eigenvalue weighted by atomic mass is 10.3. The number of amidine groups is 1. The average Bonchev–Trinajstić information content (AvgIpc) is 2.55. The molecule has 7 nitrogen and oxygen atoms in total. The first-order valence-electron chi connectivity index (χ1n) is 6.13. The topological polar surface area (TPSA) is 113 Å². The van der Waals surface area contributed by atoms with E-state index < -0.39 is 0 Å². The number of anilines is 1. The number of rotatable bonds is 3. The standard InChI is InChI=1S/C14H9Cl2N5O2/c15-8-3-1-5-10(13(8)22)18-20-12(7-17)21-19-11-6-2-4-9(16)14(11)23/h1-6,18,22-23H/b20-12+,21-19+. The number of para-hydroxylation sites is 2. The molecule has 2 aromatic carbocycles. The number of nitrogens with zero attached hydrogens (tertiary/aromatic N) is 4. The number of hydrazone groups is 1. The van der Waals surface area contributed by atoms with Crippen LogP contribution in [0.5, 0.6) is 11.5 Å². The molecule has 0 aliphatic heterocycles. The molecule has 0 amide bonds. The predicted octanol–water partition coefficient (Wildman–Crippen LogP) is 4.44. The number of hydrogen-bond donors (Lipinski definition) is 3. The Bertz CT molecular complexity index is 830. The Labute approximate surface area is 141 Å². The van der Waals surface area contributed by atoms with Gasteiger partial charge in [-0.25, -0.2) is 0 Å². The van der Waals surface area contributed by atoms with Crippen molar-refractivity contribution in [2.24, 2.45) is 15.3 Å². The first-order valence-corrected chi connectivity index (χ1v) is 6.89. The summed E-state index contributed by atoms with van der Waals surface area (Å²) in [6.07, 6.45) is 0. The fraction of sp³-hybridized carbons (Fsp3) is 0. The van der Waals surface area contributed by atoms with Crippen LogP contribution < -0.4 is 5.43 Å². The van der Waals surface area contributed by atoms with Crippen molar-refractivity contribution < 1.29 is 10.2 Å². The molecule has 2 rings (SSSR count). The first-order chi connectivity index (χ1) is 11.0. The van der Waals surface area contributed by atoms with Crippen molar-refractivity contribution in [2.75, 3.05) is 5.43 Å². The van der Waals surface area contributed by atoms with Crippen molar-refractivity contribution in [3.63, 3.8) is 0 Å². The van der Waals surface area contributed by atoms with E-state index in [1.807, 2.05) is 0 Å². The molecule has 9 heteroatoms. The van der Waals surface area contributed by atoms with Gasteiger partial charge in [0.2, 0.25) is 0 Å². The number of halogens is 2. The highest BCUT2D eigenvalue weighted by Crippen LogP contribution is 2.33. The highest BCUT2D eigenvalue weighted by Gasteiger charge is 2.06. The zero-order chi connectivity index (χ0) is 16.8. The second-order valence-electron chi connectivity index (χ2n) is 4.10. The Hall–Kier alpha value is -2.82. The highest BCUT2D eigenvalue weighted by molar-refractivity contribution is 6.32. The van der Waals surface area contributed by atoms with E-state index in [0.29, 0.717) is 0 Å². The molecule has 0 aliphatic carbocycles. The fourth-order valence-corrected chi connectivity index (χ4v) is 1.82. The van der Waals surface area contributed by atoms with Gasteiger partial charge in [-0.15, -0.1) is 15.3 Å². The second kappa shape index (κ2) is 7.45. The largest absolute Gasteiger partial charge is 0.504 e. The molecule has 0 atom stereocenters. The van der Waals surface area contributed by atoms with Crippen LogP contribution in [0.2, 0.25) is 10.0 Å². The monoisotopic (exact) mass is 349 g/mol. The van der Waals surface area contributed by atoms with Crippen LogP contribution in [0.4, 0.5) is 11.4 Å². The van der Waals surface area contributed by atoms with Crippen LogP contribution in [-0.4, -0.2) is 16.0 Å². The Balaban J connectivity index is 2.20. The van der Waals surface area contributed by atoms with Crippen LogP contribution in [0.15, 0.2) is 51.7 Å². The summed E-state index contributed by atoms with van der Waals surface area (Å²) in [5, 5.41) is 39.6. The van der Waals surface area contributed by atoms with Gasteiger partial charge in [-0.3, -0.25) is 5.43 Å². The van der Waals surface area contributed by atoms with Crippen molar-refractivity contribution >= 4 is 40.4 Å². The third-order valence-corrected chi connectivity index (χ3v) is 3.20. The van der Waals surface area contributed by atoms with E-state index in [2.05, 4.69) is 20.8 Å². The Morgan fingerprint density at radius 3 is 2.39 bits per heavy atom. The van der Waals surface area contributed by atoms with Crippen LogP contribution in [0.1, 0.15) is 0 Å². The number of phenols is 2. The zero-order valence-corrected chi connectivity index (χ0v) is 12.9. The van der Waals surface area contributed by atoms with E-state index in [-0.39, 0.29) is 38.8 Å². The Morgan fingerprint density at radius 2 is 1.70 bits per heavy atom. The maximum absolute atomic E-state index is 9.71. The molecule has 0 saturated carbocycles. The first kappa shape index (κ1) is 16.5. The molecular weight excluding hydrogens is 341 g/mol. The lowest BCUT2D eigenvalue weighted by molar-refractivity contribution is 0.476. The van der Waals surface area contributed by atoms with Gasteiger partial charge in [0, 0.05) is 0 Å². The maximum Gasteiger partial charge on any atom is 0.270 e. The predicted molar refractivity (Wildman–Crippen MR) is 87.4 cm³/mol. The molecule has 0 aliphatic rings. The zero-order valence-electron chi connectivity index (χ0n) is 11.4. The lowest BCUT2D eigenvalue weighted by Crippen LogP contribution is -1.96. The number of nitrogens with one attached hydrogen (secondary N) is 1. The van der Waals surface area contributed by atoms with Gasteiger partial charge in [-0.05, 0) is 24.3 Å². The molecule has 0 aromatic heterocycles. The van der Waals surface area contributed by atoms with Crippen molar-refractivity contribution in [1.82, 2.24) is 0 Å². The van der Waals surface area contributed by atoms with Gasteiger partial charge in [-0.2, -0.15) is 5.26 Å². The van der Waals surface area contributed by atoms with Crippen LogP contribution in [-0.2, 0) is 0 Å². The molecule has 23 heavy (non-hydrogen) atoms. The average molecular weight is 350 g/mol. The summed E-state index contributed by atoms with van der Waals surface area (Å²) in [6.45, 7) is 0. The molecule has 0 radical (unpaired) electrons. The molecule has 0 spiro atoms. The lowest BCUT2D eigenvalue weighted by Gasteiger charge is -2.04. The molecule has 0 fully saturated rings. The molecule has 2 aromatic rings. The van der Waals surface area contributed by atoms with Crippen molar-refractivity contribution in [3.8, 4) is 17.6 Å². The van der Waals surface area contributed by atoms with E-state index in [9.17, 15) is 10.2 Å².